The summed E-state index contributed by atoms with van der Waals surface area (Å²) in [6, 6.07) is 0. The number of amides is 1. The molecule has 1 amide bonds. The highest BCUT2D eigenvalue weighted by Gasteiger charge is 2.17. The predicted octanol–water partition coefficient (Wildman–Crippen LogP) is 1.70. The number of aromatic nitrogens is 2. The van der Waals surface area contributed by atoms with Crippen molar-refractivity contribution in [2.45, 2.75) is 26.3 Å². The molecule has 1 heterocycles. The Bertz CT molecular complexity index is 313. The van der Waals surface area contributed by atoms with Crippen molar-refractivity contribution < 1.29 is 4.79 Å². The van der Waals surface area contributed by atoms with E-state index in [1.54, 1.807) is 6.20 Å². The minimum Gasteiger partial charge on any atom is -0.345 e. The first-order chi connectivity index (χ1) is 5.88. The maximum Gasteiger partial charge on any atom is 0.287 e. The van der Waals surface area contributed by atoms with Crippen LogP contribution in [0.4, 0.5) is 0 Å². The van der Waals surface area contributed by atoms with Crippen LogP contribution >= 0.6 is 15.9 Å². The normalized spacial score (nSPS) is 11.4. The molecule has 0 unspecified atom stereocenters. The van der Waals surface area contributed by atoms with E-state index in [4.69, 9.17) is 0 Å². The Labute approximate surface area is 85.3 Å². The lowest BCUT2D eigenvalue weighted by Crippen LogP contribution is -2.41. The van der Waals surface area contributed by atoms with E-state index in [9.17, 15) is 4.79 Å². The van der Waals surface area contributed by atoms with Crippen LogP contribution in [0.5, 0.6) is 0 Å². The molecular weight excluding hydrogens is 234 g/mol. The van der Waals surface area contributed by atoms with Gasteiger partial charge in [-0.1, -0.05) is 0 Å². The van der Waals surface area contributed by atoms with Crippen LogP contribution in [0.15, 0.2) is 10.8 Å². The van der Waals surface area contributed by atoms with Crippen LogP contribution in [0.1, 0.15) is 31.4 Å². The largest absolute Gasteiger partial charge is 0.345 e. The average Bonchev–Trinajstić information content (AvgIpc) is 2.31. The van der Waals surface area contributed by atoms with E-state index in [0.29, 0.717) is 10.4 Å². The van der Waals surface area contributed by atoms with Crippen molar-refractivity contribution in [3.63, 3.8) is 0 Å². The minimum absolute atomic E-state index is 0.196. The Morgan fingerprint density at radius 2 is 2.23 bits per heavy atom. The van der Waals surface area contributed by atoms with Gasteiger partial charge in [0, 0.05) is 5.54 Å². The van der Waals surface area contributed by atoms with E-state index in [0.717, 1.165) is 0 Å². The summed E-state index contributed by atoms with van der Waals surface area (Å²) in [5, 5.41) is 2.80. The number of imidazole rings is 1. The van der Waals surface area contributed by atoms with Crippen LogP contribution < -0.4 is 5.32 Å². The first kappa shape index (κ1) is 10.2. The van der Waals surface area contributed by atoms with Gasteiger partial charge in [0.15, 0.2) is 5.82 Å². The van der Waals surface area contributed by atoms with Crippen molar-refractivity contribution in [1.82, 2.24) is 15.3 Å². The number of rotatable bonds is 1. The van der Waals surface area contributed by atoms with Gasteiger partial charge in [0.05, 0.1) is 6.20 Å². The van der Waals surface area contributed by atoms with Gasteiger partial charge in [-0.2, -0.15) is 0 Å². The van der Waals surface area contributed by atoms with Gasteiger partial charge in [0.1, 0.15) is 4.60 Å². The van der Waals surface area contributed by atoms with Gasteiger partial charge in [-0.25, -0.2) is 4.98 Å². The van der Waals surface area contributed by atoms with E-state index in [-0.39, 0.29) is 11.4 Å². The van der Waals surface area contributed by atoms with E-state index < -0.39 is 0 Å². The Hall–Kier alpha value is -0.840. The monoisotopic (exact) mass is 245 g/mol. The number of nitrogens with one attached hydrogen (secondary N) is 2. The number of halogens is 1. The summed E-state index contributed by atoms with van der Waals surface area (Å²) in [6.45, 7) is 5.76. The topological polar surface area (TPSA) is 57.8 Å². The maximum absolute atomic E-state index is 11.4. The predicted molar refractivity (Wildman–Crippen MR) is 53.5 cm³/mol. The molecule has 0 aliphatic rings. The van der Waals surface area contributed by atoms with Gasteiger partial charge in [-0.3, -0.25) is 4.79 Å². The lowest BCUT2D eigenvalue weighted by atomic mass is 10.1. The smallest absolute Gasteiger partial charge is 0.287 e. The molecule has 72 valence electrons. The number of carbonyl (C=O) groups is 1. The molecule has 1 aromatic rings. The standard InChI is InChI=1S/C8H12BrN3O/c1-8(2,3)12-7(13)6-10-4-5(9)11-6/h4H,1-3H3,(H,10,11)(H,12,13). The van der Waals surface area contributed by atoms with Crippen LogP contribution in [0.2, 0.25) is 0 Å². The summed E-state index contributed by atoms with van der Waals surface area (Å²) >= 11 is 3.18. The molecule has 0 atom stereocenters. The van der Waals surface area contributed by atoms with Crippen molar-refractivity contribution in [3.8, 4) is 0 Å². The summed E-state index contributed by atoms with van der Waals surface area (Å²) in [5.41, 5.74) is -0.240. The van der Waals surface area contributed by atoms with Crippen molar-refractivity contribution >= 4 is 21.8 Å². The van der Waals surface area contributed by atoms with Gasteiger partial charge in [0.25, 0.3) is 5.91 Å². The molecule has 0 radical (unpaired) electrons. The molecule has 0 saturated heterocycles. The summed E-state index contributed by atoms with van der Waals surface area (Å²) in [6.07, 6.45) is 1.55. The summed E-state index contributed by atoms with van der Waals surface area (Å²) < 4.78 is 0.701. The van der Waals surface area contributed by atoms with Crippen LogP contribution in [0, 0.1) is 0 Å². The van der Waals surface area contributed by atoms with Gasteiger partial charge >= 0.3 is 0 Å². The number of hydrogen-bond donors (Lipinski definition) is 2. The second-order valence-corrected chi connectivity index (χ2v) is 4.64. The lowest BCUT2D eigenvalue weighted by molar-refractivity contribution is 0.0910. The zero-order valence-corrected chi connectivity index (χ0v) is 9.40. The highest BCUT2D eigenvalue weighted by Crippen LogP contribution is 2.06. The lowest BCUT2D eigenvalue weighted by Gasteiger charge is -2.19. The summed E-state index contributed by atoms with van der Waals surface area (Å²) in [5.74, 6) is 0.125. The number of hydrogen-bond acceptors (Lipinski definition) is 2. The zero-order valence-electron chi connectivity index (χ0n) is 7.81. The molecular formula is C8H12BrN3O. The number of H-pyrrole nitrogens is 1. The third-order valence-corrected chi connectivity index (χ3v) is 1.65. The van der Waals surface area contributed by atoms with Crippen molar-refractivity contribution in [2.24, 2.45) is 0 Å². The van der Waals surface area contributed by atoms with Crippen molar-refractivity contribution in [3.05, 3.63) is 16.6 Å². The summed E-state index contributed by atoms with van der Waals surface area (Å²) in [4.78, 5) is 18.1. The Balaban J connectivity index is 2.70. The zero-order chi connectivity index (χ0) is 10.1. The Kier molecular flexibility index (Phi) is 2.75. The first-order valence-electron chi connectivity index (χ1n) is 3.91. The SMILES string of the molecule is CC(C)(C)NC(=O)c1ncc(Br)[nH]1. The fourth-order valence-corrected chi connectivity index (χ4v) is 1.10. The molecule has 5 heteroatoms. The molecule has 1 rings (SSSR count). The van der Waals surface area contributed by atoms with E-state index in [2.05, 4.69) is 31.2 Å². The van der Waals surface area contributed by atoms with Gasteiger partial charge in [-0.15, -0.1) is 0 Å². The van der Waals surface area contributed by atoms with Gasteiger partial charge in [-0.05, 0) is 36.7 Å². The molecule has 0 aliphatic carbocycles. The molecule has 0 saturated carbocycles. The third-order valence-electron chi connectivity index (χ3n) is 1.25. The first-order valence-corrected chi connectivity index (χ1v) is 4.71. The van der Waals surface area contributed by atoms with E-state index >= 15 is 0 Å². The third kappa shape index (κ3) is 3.18. The van der Waals surface area contributed by atoms with Gasteiger partial charge in [0.2, 0.25) is 0 Å². The van der Waals surface area contributed by atoms with Crippen LogP contribution in [-0.2, 0) is 0 Å². The van der Waals surface area contributed by atoms with E-state index in [1.807, 2.05) is 20.8 Å². The molecule has 13 heavy (non-hydrogen) atoms. The number of aromatic amines is 1. The molecule has 0 aliphatic heterocycles. The summed E-state index contributed by atoms with van der Waals surface area (Å²) in [7, 11) is 0. The molecule has 2 N–H and O–H groups in total. The Morgan fingerprint density at radius 3 is 2.62 bits per heavy atom. The fourth-order valence-electron chi connectivity index (χ4n) is 0.814. The molecule has 0 spiro atoms. The second-order valence-electron chi connectivity index (χ2n) is 3.78. The average molecular weight is 246 g/mol. The van der Waals surface area contributed by atoms with Crippen LogP contribution in [-0.4, -0.2) is 21.4 Å². The van der Waals surface area contributed by atoms with Gasteiger partial charge < -0.3 is 10.3 Å². The fraction of sp³-hybridized carbons (Fsp3) is 0.500. The number of carbonyl (C=O) groups excluding carboxylic acids is 1. The van der Waals surface area contributed by atoms with E-state index in [1.165, 1.54) is 0 Å². The molecule has 0 bridgehead atoms. The minimum atomic E-state index is -0.240. The number of nitrogens with zero attached hydrogens (tertiary/aromatic N) is 1. The molecule has 4 nitrogen and oxygen atoms in total. The quantitative estimate of drug-likeness (QED) is 0.792. The molecule has 1 aromatic heterocycles. The second kappa shape index (κ2) is 3.49. The Morgan fingerprint density at radius 1 is 1.62 bits per heavy atom. The molecule has 0 fully saturated rings. The molecule has 0 aromatic carbocycles. The van der Waals surface area contributed by atoms with Crippen molar-refractivity contribution in [2.75, 3.05) is 0 Å². The highest BCUT2D eigenvalue weighted by molar-refractivity contribution is 9.10. The van der Waals surface area contributed by atoms with Crippen LogP contribution in [0.3, 0.4) is 0 Å². The van der Waals surface area contributed by atoms with Crippen LogP contribution in [0.25, 0.3) is 0 Å². The highest BCUT2D eigenvalue weighted by atomic mass is 79.9. The van der Waals surface area contributed by atoms with Crippen molar-refractivity contribution in [1.29, 1.82) is 0 Å². The maximum atomic E-state index is 11.4.